The zero-order chi connectivity index (χ0) is 27.8. The largest absolute Gasteiger partial charge is 0.496 e. The first kappa shape index (κ1) is 27.4. The van der Waals surface area contributed by atoms with E-state index in [-0.39, 0.29) is 5.91 Å². The third-order valence-electron chi connectivity index (χ3n) is 8.34. The summed E-state index contributed by atoms with van der Waals surface area (Å²) in [5.74, 6) is 0.650. The van der Waals surface area contributed by atoms with Crippen molar-refractivity contribution in [3.8, 4) is 5.75 Å². The van der Waals surface area contributed by atoms with Gasteiger partial charge in [0, 0.05) is 13.1 Å². The van der Waals surface area contributed by atoms with E-state index >= 15 is 0 Å². The van der Waals surface area contributed by atoms with Gasteiger partial charge in [0.15, 0.2) is 0 Å². The third-order valence-corrected chi connectivity index (χ3v) is 10.5. The van der Waals surface area contributed by atoms with E-state index in [1.54, 1.807) is 17.5 Å². The van der Waals surface area contributed by atoms with Crippen molar-refractivity contribution in [2.75, 3.05) is 20.2 Å². The Labute approximate surface area is 231 Å². The van der Waals surface area contributed by atoms with E-state index < -0.39 is 21.2 Å². The molecule has 5 rings (SSSR count). The predicted molar refractivity (Wildman–Crippen MR) is 152 cm³/mol. The Balaban J connectivity index is 1.40. The van der Waals surface area contributed by atoms with Gasteiger partial charge in [0.2, 0.25) is 15.9 Å². The topological polar surface area (TPSA) is 87.7 Å². The van der Waals surface area contributed by atoms with Crippen molar-refractivity contribution in [1.29, 1.82) is 0 Å². The van der Waals surface area contributed by atoms with E-state index in [0.29, 0.717) is 60.5 Å². The fourth-order valence-electron chi connectivity index (χ4n) is 6.20. The molecule has 0 aromatic heterocycles. The zero-order valence-electron chi connectivity index (χ0n) is 23.1. The van der Waals surface area contributed by atoms with Gasteiger partial charge in [-0.3, -0.25) is 10.1 Å². The van der Waals surface area contributed by atoms with Crippen molar-refractivity contribution in [1.82, 2.24) is 14.9 Å². The van der Waals surface area contributed by atoms with Crippen LogP contribution in [0.25, 0.3) is 0 Å². The molecule has 206 valence electrons. The molecule has 2 aliphatic rings. The number of nitrogens with one attached hydrogen (secondary N) is 2. The smallest absolute Gasteiger partial charge is 0.243 e. The maximum absolute atomic E-state index is 13.8. The first-order valence-electron chi connectivity index (χ1n) is 13.4. The van der Waals surface area contributed by atoms with Crippen LogP contribution in [0.2, 0.25) is 0 Å². The molecular weight excluding hydrogens is 510 g/mol. The van der Waals surface area contributed by atoms with Crippen LogP contribution in [0.15, 0.2) is 71.6 Å². The fraction of sp³-hybridized carbons (Fsp3) is 0.387. The van der Waals surface area contributed by atoms with Crippen LogP contribution >= 0.6 is 0 Å². The van der Waals surface area contributed by atoms with Crippen LogP contribution in [0.1, 0.15) is 40.7 Å². The van der Waals surface area contributed by atoms with Gasteiger partial charge >= 0.3 is 0 Å². The second-order valence-corrected chi connectivity index (χ2v) is 12.8. The quantitative estimate of drug-likeness (QED) is 0.466. The van der Waals surface area contributed by atoms with Gasteiger partial charge < -0.3 is 10.1 Å². The summed E-state index contributed by atoms with van der Waals surface area (Å²) in [7, 11) is -2.12. The molecule has 2 N–H and O–H groups in total. The Bertz CT molecular complexity index is 1420. The molecule has 1 spiro atoms. The van der Waals surface area contributed by atoms with Crippen LogP contribution in [0, 0.1) is 20.8 Å². The van der Waals surface area contributed by atoms with E-state index in [1.165, 1.54) is 0 Å². The lowest BCUT2D eigenvalue weighted by molar-refractivity contribution is -0.124. The van der Waals surface area contributed by atoms with Crippen molar-refractivity contribution < 1.29 is 17.9 Å². The molecule has 2 saturated heterocycles. The number of ether oxygens (including phenoxy) is 1. The molecule has 1 amide bonds. The predicted octanol–water partition coefficient (Wildman–Crippen LogP) is 4.04. The highest BCUT2D eigenvalue weighted by atomic mass is 32.2. The molecule has 0 radical (unpaired) electrons. The van der Waals surface area contributed by atoms with Crippen LogP contribution in [0.3, 0.4) is 0 Å². The maximum Gasteiger partial charge on any atom is 0.243 e. The van der Waals surface area contributed by atoms with Gasteiger partial charge in [-0.15, -0.1) is 0 Å². The summed E-state index contributed by atoms with van der Waals surface area (Å²) < 4.78 is 34.7. The van der Waals surface area contributed by atoms with E-state index in [9.17, 15) is 13.2 Å². The minimum atomic E-state index is -3.72. The second kappa shape index (κ2) is 10.4. The lowest BCUT2D eigenvalue weighted by atomic mass is 9.84. The highest BCUT2D eigenvalue weighted by Crippen LogP contribution is 2.37. The van der Waals surface area contributed by atoms with Crippen LogP contribution in [0.5, 0.6) is 5.75 Å². The number of amides is 1. The first-order valence-corrected chi connectivity index (χ1v) is 14.9. The van der Waals surface area contributed by atoms with E-state index in [4.69, 9.17) is 4.74 Å². The van der Waals surface area contributed by atoms with Gasteiger partial charge in [0.1, 0.15) is 11.3 Å². The maximum atomic E-state index is 13.8. The van der Waals surface area contributed by atoms with Crippen LogP contribution in [0.4, 0.5) is 0 Å². The fourth-order valence-corrected chi connectivity index (χ4v) is 8.13. The number of nitrogens with zero attached hydrogens (tertiary/aromatic N) is 1. The molecule has 2 aliphatic heterocycles. The number of sulfonamides is 1. The van der Waals surface area contributed by atoms with Crippen molar-refractivity contribution in [3.63, 3.8) is 0 Å². The lowest BCUT2D eigenvalue weighted by Crippen LogP contribution is -2.60. The molecule has 0 saturated carbocycles. The average Bonchev–Trinajstić information content (AvgIpc) is 3.17. The average molecular weight is 548 g/mol. The van der Waals surface area contributed by atoms with Crippen molar-refractivity contribution in [3.05, 3.63) is 94.5 Å². The zero-order valence-corrected chi connectivity index (χ0v) is 23.9. The molecule has 2 heterocycles. The number of carbonyl (C=O) groups excluding carboxylic acids is 1. The van der Waals surface area contributed by atoms with Gasteiger partial charge in [0.25, 0.3) is 0 Å². The monoisotopic (exact) mass is 547 g/mol. The molecule has 7 nitrogen and oxygen atoms in total. The van der Waals surface area contributed by atoms with Gasteiger partial charge in [-0.05, 0) is 80.3 Å². The number of hydrogen-bond acceptors (Lipinski definition) is 5. The molecule has 8 heteroatoms. The first-order chi connectivity index (χ1) is 18.6. The van der Waals surface area contributed by atoms with Gasteiger partial charge in [-0.2, -0.15) is 4.31 Å². The van der Waals surface area contributed by atoms with Gasteiger partial charge in [0.05, 0.1) is 17.7 Å². The Morgan fingerprint density at radius 1 is 0.872 bits per heavy atom. The van der Waals surface area contributed by atoms with Crippen molar-refractivity contribution in [2.24, 2.45) is 0 Å². The summed E-state index contributed by atoms with van der Waals surface area (Å²) in [6.07, 6.45) is 2.05. The molecular formula is C31H37N3O4S. The number of hydrogen-bond donors (Lipinski definition) is 2. The second-order valence-electron chi connectivity index (χ2n) is 10.9. The summed E-state index contributed by atoms with van der Waals surface area (Å²) in [6.45, 7) is 6.16. The molecule has 39 heavy (non-hydrogen) atoms. The van der Waals surface area contributed by atoms with Crippen molar-refractivity contribution >= 4 is 15.9 Å². The summed E-state index contributed by atoms with van der Waals surface area (Å²) in [4.78, 5) is 14.1. The molecule has 0 atom stereocenters. The summed E-state index contributed by atoms with van der Waals surface area (Å²) >= 11 is 0. The Hall–Kier alpha value is -3.20. The molecule has 2 fully saturated rings. The Morgan fingerprint density at radius 3 is 1.92 bits per heavy atom. The van der Waals surface area contributed by atoms with Gasteiger partial charge in [-0.25, -0.2) is 8.42 Å². The van der Waals surface area contributed by atoms with E-state index in [2.05, 4.69) is 10.6 Å². The van der Waals surface area contributed by atoms with Crippen LogP contribution < -0.4 is 15.4 Å². The summed E-state index contributed by atoms with van der Waals surface area (Å²) in [5, 5.41) is 7.00. The van der Waals surface area contributed by atoms with E-state index in [0.717, 1.165) is 16.7 Å². The summed E-state index contributed by atoms with van der Waals surface area (Å²) in [6, 6.07) is 21.9. The van der Waals surface area contributed by atoms with E-state index in [1.807, 2.05) is 81.4 Å². The van der Waals surface area contributed by atoms with Gasteiger partial charge in [-0.1, -0.05) is 60.7 Å². The van der Waals surface area contributed by atoms with Crippen LogP contribution in [-0.2, 0) is 27.7 Å². The molecule has 0 unspecified atom stereocenters. The Kier molecular flexibility index (Phi) is 7.31. The minimum Gasteiger partial charge on any atom is -0.496 e. The SMILES string of the molecule is COc1cc(C)c(S(=O)(=O)N2CCC3(CC2)NC(=O)C(Cc2ccccc2)(Cc2ccccc2)N3)c(C)c1C. The standard InChI is InChI=1S/C31H37N3O4S/c1-22-19-27(38-4)23(2)24(3)28(22)39(36,37)34-17-15-31(16-18-34)32-29(35)30(33-31,20-25-11-7-5-8-12-25)21-26-13-9-6-10-14-26/h5-14,19,33H,15-18,20-21H2,1-4H3,(H,32,35). The van der Waals surface area contributed by atoms with Crippen LogP contribution in [-0.4, -0.2) is 50.0 Å². The molecule has 3 aromatic carbocycles. The van der Waals surface area contributed by atoms with Crippen molar-refractivity contribution in [2.45, 2.75) is 62.6 Å². The number of methoxy groups -OCH3 is 1. The number of piperidine rings is 1. The normalized spacial score (nSPS) is 18.7. The number of rotatable bonds is 7. The number of benzene rings is 3. The highest BCUT2D eigenvalue weighted by molar-refractivity contribution is 7.89. The Morgan fingerprint density at radius 2 is 1.41 bits per heavy atom. The third kappa shape index (κ3) is 5.09. The number of carbonyl (C=O) groups is 1. The minimum absolute atomic E-state index is 0.0380. The lowest BCUT2D eigenvalue weighted by Gasteiger charge is -2.40. The summed E-state index contributed by atoms with van der Waals surface area (Å²) in [5.41, 5.74) is 2.88. The molecule has 3 aromatic rings. The molecule has 0 aliphatic carbocycles. The highest BCUT2D eigenvalue weighted by Gasteiger charge is 2.55. The molecule has 0 bridgehead atoms. The number of aryl methyl sites for hydroxylation is 1.